The highest BCUT2D eigenvalue weighted by molar-refractivity contribution is 5.92. The summed E-state index contributed by atoms with van der Waals surface area (Å²) in [6.07, 6.45) is 1.72. The van der Waals surface area contributed by atoms with Gasteiger partial charge in [0.2, 0.25) is 0 Å². The van der Waals surface area contributed by atoms with Crippen LogP contribution in [0.1, 0.15) is 19.4 Å². The third-order valence-corrected chi connectivity index (χ3v) is 1.99. The third kappa shape index (κ3) is 2.73. The van der Waals surface area contributed by atoms with Gasteiger partial charge in [-0.15, -0.1) is 0 Å². The highest BCUT2D eigenvalue weighted by Crippen LogP contribution is 2.14. The van der Waals surface area contributed by atoms with Gasteiger partial charge in [-0.25, -0.2) is 4.79 Å². The average molecular weight is 190 g/mol. The van der Waals surface area contributed by atoms with Crippen molar-refractivity contribution in [2.24, 2.45) is 5.92 Å². The van der Waals surface area contributed by atoms with Gasteiger partial charge in [-0.1, -0.05) is 44.2 Å². The first-order valence-corrected chi connectivity index (χ1v) is 4.61. The van der Waals surface area contributed by atoms with Crippen LogP contribution in [0.3, 0.4) is 0 Å². The van der Waals surface area contributed by atoms with E-state index in [1.807, 2.05) is 44.2 Å². The molecule has 1 N–H and O–H groups in total. The fourth-order valence-electron chi connectivity index (χ4n) is 1.20. The summed E-state index contributed by atoms with van der Waals surface area (Å²) in [6.45, 7) is 3.76. The number of hydrogen-bond donors (Lipinski definition) is 1. The number of benzene rings is 1. The predicted molar refractivity (Wildman–Crippen MR) is 56.9 cm³/mol. The minimum atomic E-state index is -0.844. The van der Waals surface area contributed by atoms with Crippen molar-refractivity contribution in [1.29, 1.82) is 0 Å². The Morgan fingerprint density at radius 2 is 1.86 bits per heavy atom. The fourth-order valence-corrected chi connectivity index (χ4v) is 1.20. The SMILES string of the molecule is CC(C)C(=Cc1ccccc1)C(=O)O. The molecule has 0 bridgehead atoms. The molecule has 0 aromatic heterocycles. The van der Waals surface area contributed by atoms with Crippen LogP contribution in [0.5, 0.6) is 0 Å². The van der Waals surface area contributed by atoms with Gasteiger partial charge in [0, 0.05) is 5.57 Å². The Morgan fingerprint density at radius 1 is 1.29 bits per heavy atom. The maximum absolute atomic E-state index is 10.9. The van der Waals surface area contributed by atoms with Gasteiger partial charge in [-0.05, 0) is 17.6 Å². The fraction of sp³-hybridized carbons (Fsp3) is 0.250. The molecule has 0 radical (unpaired) electrons. The minimum Gasteiger partial charge on any atom is -0.478 e. The van der Waals surface area contributed by atoms with E-state index in [-0.39, 0.29) is 5.92 Å². The highest BCUT2D eigenvalue weighted by Gasteiger charge is 2.10. The summed E-state index contributed by atoms with van der Waals surface area (Å²) in [7, 11) is 0. The van der Waals surface area contributed by atoms with Crippen molar-refractivity contribution in [1.82, 2.24) is 0 Å². The van der Waals surface area contributed by atoms with Crippen molar-refractivity contribution >= 4 is 12.0 Å². The lowest BCUT2D eigenvalue weighted by Gasteiger charge is -2.05. The number of carboxylic acid groups (broad SMARTS) is 1. The van der Waals surface area contributed by atoms with E-state index in [1.54, 1.807) is 6.08 Å². The van der Waals surface area contributed by atoms with Crippen molar-refractivity contribution in [3.05, 3.63) is 41.5 Å². The average Bonchev–Trinajstić information content (AvgIpc) is 2.15. The molecule has 0 atom stereocenters. The Kier molecular flexibility index (Phi) is 3.46. The summed E-state index contributed by atoms with van der Waals surface area (Å²) in [6, 6.07) is 9.49. The highest BCUT2D eigenvalue weighted by atomic mass is 16.4. The van der Waals surface area contributed by atoms with Crippen LogP contribution in [-0.4, -0.2) is 11.1 Å². The van der Waals surface area contributed by atoms with Gasteiger partial charge in [0.05, 0.1) is 0 Å². The molecule has 2 heteroatoms. The van der Waals surface area contributed by atoms with Gasteiger partial charge in [0.15, 0.2) is 0 Å². The predicted octanol–water partition coefficient (Wildman–Crippen LogP) is 2.81. The number of aliphatic carboxylic acids is 1. The van der Waals surface area contributed by atoms with E-state index in [1.165, 1.54) is 0 Å². The lowest BCUT2D eigenvalue weighted by Crippen LogP contribution is -2.06. The standard InChI is InChI=1S/C12H14O2/c1-9(2)11(12(13)14)8-10-6-4-3-5-7-10/h3-9H,1-2H3,(H,13,14). The van der Waals surface area contributed by atoms with Gasteiger partial charge in [0.25, 0.3) is 0 Å². The van der Waals surface area contributed by atoms with Gasteiger partial charge >= 0.3 is 5.97 Å². The molecule has 0 saturated carbocycles. The molecule has 1 aromatic carbocycles. The molecule has 0 fully saturated rings. The van der Waals surface area contributed by atoms with E-state index >= 15 is 0 Å². The molecule has 1 rings (SSSR count). The number of carbonyl (C=O) groups is 1. The monoisotopic (exact) mass is 190 g/mol. The van der Waals surface area contributed by atoms with Crippen LogP contribution in [0, 0.1) is 5.92 Å². The molecule has 0 spiro atoms. The Labute approximate surface area is 83.9 Å². The van der Waals surface area contributed by atoms with Gasteiger partial charge in [0.1, 0.15) is 0 Å². The summed E-state index contributed by atoms with van der Waals surface area (Å²) in [4.78, 5) is 10.9. The molecular formula is C12H14O2. The van der Waals surface area contributed by atoms with E-state index in [0.717, 1.165) is 5.56 Å². The molecule has 0 aliphatic carbocycles. The van der Waals surface area contributed by atoms with E-state index in [2.05, 4.69) is 0 Å². The second-order valence-electron chi connectivity index (χ2n) is 3.47. The molecule has 2 nitrogen and oxygen atoms in total. The van der Waals surface area contributed by atoms with Crippen molar-refractivity contribution in [3.63, 3.8) is 0 Å². The molecule has 0 heterocycles. The third-order valence-electron chi connectivity index (χ3n) is 1.99. The quantitative estimate of drug-likeness (QED) is 0.744. The van der Waals surface area contributed by atoms with E-state index < -0.39 is 5.97 Å². The second kappa shape index (κ2) is 4.61. The topological polar surface area (TPSA) is 37.3 Å². The Hall–Kier alpha value is -1.57. The first-order valence-electron chi connectivity index (χ1n) is 4.61. The molecule has 0 unspecified atom stereocenters. The lowest BCUT2D eigenvalue weighted by atomic mass is 10.0. The van der Waals surface area contributed by atoms with Gasteiger partial charge in [-0.2, -0.15) is 0 Å². The largest absolute Gasteiger partial charge is 0.478 e. The zero-order valence-electron chi connectivity index (χ0n) is 8.40. The van der Waals surface area contributed by atoms with Crippen LogP contribution >= 0.6 is 0 Å². The summed E-state index contributed by atoms with van der Waals surface area (Å²) < 4.78 is 0. The number of rotatable bonds is 3. The lowest BCUT2D eigenvalue weighted by molar-refractivity contribution is -0.133. The van der Waals surface area contributed by atoms with Crippen LogP contribution < -0.4 is 0 Å². The first kappa shape index (κ1) is 10.5. The molecule has 0 saturated heterocycles. The Balaban J connectivity index is 3.00. The van der Waals surface area contributed by atoms with Crippen LogP contribution in [0.25, 0.3) is 6.08 Å². The molecule has 0 aliphatic rings. The Morgan fingerprint density at radius 3 is 2.29 bits per heavy atom. The van der Waals surface area contributed by atoms with Crippen molar-refractivity contribution in [3.8, 4) is 0 Å². The minimum absolute atomic E-state index is 0.0349. The second-order valence-corrected chi connectivity index (χ2v) is 3.47. The number of hydrogen-bond acceptors (Lipinski definition) is 1. The summed E-state index contributed by atoms with van der Waals surface area (Å²) in [5.41, 5.74) is 1.37. The van der Waals surface area contributed by atoms with Crippen LogP contribution in [-0.2, 0) is 4.79 Å². The maximum Gasteiger partial charge on any atom is 0.331 e. The normalized spacial score (nSPS) is 11.8. The maximum atomic E-state index is 10.9. The van der Waals surface area contributed by atoms with Gasteiger partial charge in [-0.3, -0.25) is 0 Å². The van der Waals surface area contributed by atoms with E-state index in [4.69, 9.17) is 5.11 Å². The molecular weight excluding hydrogens is 176 g/mol. The Bertz CT molecular complexity index is 337. The summed E-state index contributed by atoms with van der Waals surface area (Å²) in [5, 5.41) is 8.94. The zero-order chi connectivity index (χ0) is 10.6. The first-order chi connectivity index (χ1) is 6.61. The number of carboxylic acids is 1. The van der Waals surface area contributed by atoms with E-state index in [9.17, 15) is 4.79 Å². The molecule has 74 valence electrons. The van der Waals surface area contributed by atoms with E-state index in [0.29, 0.717) is 5.57 Å². The molecule has 0 aliphatic heterocycles. The summed E-state index contributed by atoms with van der Waals surface area (Å²) >= 11 is 0. The smallest absolute Gasteiger partial charge is 0.331 e. The summed E-state index contributed by atoms with van der Waals surface area (Å²) in [5.74, 6) is -0.809. The molecule has 0 amide bonds. The van der Waals surface area contributed by atoms with Gasteiger partial charge < -0.3 is 5.11 Å². The molecule has 1 aromatic rings. The van der Waals surface area contributed by atoms with Crippen LogP contribution in [0.4, 0.5) is 0 Å². The molecule has 14 heavy (non-hydrogen) atoms. The van der Waals surface area contributed by atoms with Crippen molar-refractivity contribution in [2.75, 3.05) is 0 Å². The van der Waals surface area contributed by atoms with Crippen molar-refractivity contribution in [2.45, 2.75) is 13.8 Å². The van der Waals surface area contributed by atoms with Crippen molar-refractivity contribution < 1.29 is 9.90 Å². The van der Waals surface area contributed by atoms with Crippen LogP contribution in [0.15, 0.2) is 35.9 Å². The zero-order valence-corrected chi connectivity index (χ0v) is 8.40. The van der Waals surface area contributed by atoms with Crippen LogP contribution in [0.2, 0.25) is 0 Å².